The first-order chi connectivity index (χ1) is 9.19. The van der Waals surface area contributed by atoms with Gasteiger partial charge in [-0.3, -0.25) is 0 Å². The van der Waals surface area contributed by atoms with Crippen molar-refractivity contribution >= 4 is 5.97 Å². The smallest absolute Gasteiger partial charge is 0.332 e. The van der Waals surface area contributed by atoms with E-state index in [1.165, 1.54) is 0 Å². The second kappa shape index (κ2) is 4.90. The fourth-order valence-electron chi connectivity index (χ4n) is 2.40. The predicted octanol–water partition coefficient (Wildman–Crippen LogP) is 1.47. The van der Waals surface area contributed by atoms with E-state index >= 15 is 0 Å². The Bertz CT molecular complexity index is 470. The minimum absolute atomic E-state index is 0.130. The first-order valence-corrected chi connectivity index (χ1v) is 6.43. The number of rotatable bonds is 5. The average Bonchev–Trinajstić information content (AvgIpc) is 2.93. The molecule has 3 rings (SSSR count). The zero-order chi connectivity index (χ0) is 13.4. The van der Waals surface area contributed by atoms with E-state index < -0.39 is 18.2 Å². The maximum absolute atomic E-state index is 10.8. The summed E-state index contributed by atoms with van der Waals surface area (Å²) in [5, 5.41) is 12.8. The molecule has 0 aromatic carbocycles. The van der Waals surface area contributed by atoms with Crippen LogP contribution in [0.4, 0.5) is 0 Å². The first-order valence-electron chi connectivity index (χ1n) is 6.43. The number of aromatic nitrogens is 2. The van der Waals surface area contributed by atoms with Crippen LogP contribution in [0.1, 0.15) is 49.6 Å². The number of carboxylic acid groups (broad SMARTS) is 1. The van der Waals surface area contributed by atoms with Crippen LogP contribution in [0.15, 0.2) is 4.52 Å². The largest absolute Gasteiger partial charge is 0.479 e. The molecule has 2 heterocycles. The van der Waals surface area contributed by atoms with Crippen molar-refractivity contribution in [2.45, 2.75) is 44.0 Å². The second-order valence-corrected chi connectivity index (χ2v) is 5.01. The molecule has 1 aliphatic carbocycles. The molecule has 1 aromatic rings. The predicted molar refractivity (Wildman–Crippen MR) is 61.3 cm³/mol. The molecule has 0 amide bonds. The van der Waals surface area contributed by atoms with Crippen molar-refractivity contribution in [3.8, 4) is 0 Å². The number of carboxylic acids is 1. The van der Waals surface area contributed by atoms with Crippen LogP contribution in [0.25, 0.3) is 0 Å². The summed E-state index contributed by atoms with van der Waals surface area (Å²) in [7, 11) is 1.63. The van der Waals surface area contributed by atoms with Crippen molar-refractivity contribution in [2.75, 3.05) is 7.11 Å². The van der Waals surface area contributed by atoms with E-state index in [9.17, 15) is 4.79 Å². The number of methoxy groups -OCH3 is 1. The Labute approximate surface area is 109 Å². The van der Waals surface area contributed by atoms with Crippen LogP contribution in [0, 0.1) is 5.92 Å². The Balaban J connectivity index is 1.69. The van der Waals surface area contributed by atoms with Crippen molar-refractivity contribution < 1.29 is 23.9 Å². The van der Waals surface area contributed by atoms with Crippen LogP contribution < -0.4 is 0 Å². The number of hydrogen-bond donors (Lipinski definition) is 1. The molecule has 104 valence electrons. The van der Waals surface area contributed by atoms with Gasteiger partial charge in [0.2, 0.25) is 5.82 Å². The van der Waals surface area contributed by atoms with Crippen LogP contribution in [-0.4, -0.2) is 34.4 Å². The van der Waals surface area contributed by atoms with E-state index in [-0.39, 0.29) is 6.10 Å². The molecular weight excluding hydrogens is 252 g/mol. The maximum Gasteiger partial charge on any atom is 0.332 e. The lowest BCUT2D eigenvalue weighted by molar-refractivity contribution is -0.150. The van der Waals surface area contributed by atoms with Gasteiger partial charge in [0.05, 0.1) is 0 Å². The highest BCUT2D eigenvalue weighted by atomic mass is 16.6. The van der Waals surface area contributed by atoms with E-state index in [4.69, 9.17) is 19.1 Å². The molecule has 1 N–H and O–H groups in total. The van der Waals surface area contributed by atoms with E-state index in [1.807, 2.05) is 0 Å². The highest BCUT2D eigenvalue weighted by Gasteiger charge is 2.38. The Morgan fingerprint density at radius 2 is 2.21 bits per heavy atom. The monoisotopic (exact) mass is 268 g/mol. The van der Waals surface area contributed by atoms with Gasteiger partial charge in [-0.2, -0.15) is 4.98 Å². The lowest BCUT2D eigenvalue weighted by Crippen LogP contribution is -2.18. The SMILES string of the molecule is COC(c1noc(C2CCC(C(=O)O)O2)n1)C1CC1. The zero-order valence-corrected chi connectivity index (χ0v) is 10.6. The minimum Gasteiger partial charge on any atom is -0.479 e. The molecular formula is C12H16N2O5. The van der Waals surface area contributed by atoms with Crippen molar-refractivity contribution in [1.82, 2.24) is 10.1 Å². The fourth-order valence-corrected chi connectivity index (χ4v) is 2.40. The van der Waals surface area contributed by atoms with Gasteiger partial charge in [-0.1, -0.05) is 5.16 Å². The lowest BCUT2D eigenvalue weighted by Gasteiger charge is -2.08. The zero-order valence-electron chi connectivity index (χ0n) is 10.6. The quantitative estimate of drug-likeness (QED) is 0.863. The van der Waals surface area contributed by atoms with Gasteiger partial charge in [-0.25, -0.2) is 4.79 Å². The molecule has 1 saturated carbocycles. The van der Waals surface area contributed by atoms with Gasteiger partial charge < -0.3 is 19.1 Å². The van der Waals surface area contributed by atoms with E-state index in [2.05, 4.69) is 10.1 Å². The molecule has 7 heteroatoms. The third kappa shape index (κ3) is 2.48. The van der Waals surface area contributed by atoms with Crippen molar-refractivity contribution in [2.24, 2.45) is 5.92 Å². The molecule has 2 fully saturated rings. The summed E-state index contributed by atoms with van der Waals surface area (Å²) >= 11 is 0. The van der Waals surface area contributed by atoms with Gasteiger partial charge >= 0.3 is 5.97 Å². The lowest BCUT2D eigenvalue weighted by atomic mass is 10.2. The van der Waals surface area contributed by atoms with Crippen LogP contribution in [0.5, 0.6) is 0 Å². The van der Waals surface area contributed by atoms with E-state index in [0.717, 1.165) is 12.8 Å². The average molecular weight is 268 g/mol. The number of hydrogen-bond acceptors (Lipinski definition) is 6. The third-order valence-corrected chi connectivity index (χ3v) is 3.59. The maximum atomic E-state index is 10.8. The Kier molecular flexibility index (Phi) is 3.24. The molecule has 1 aromatic heterocycles. The molecule has 7 nitrogen and oxygen atoms in total. The number of nitrogens with zero attached hydrogens (tertiary/aromatic N) is 2. The molecule has 1 saturated heterocycles. The number of aliphatic carboxylic acids is 1. The van der Waals surface area contributed by atoms with Crippen LogP contribution >= 0.6 is 0 Å². The molecule has 2 aliphatic rings. The van der Waals surface area contributed by atoms with Gasteiger partial charge in [0, 0.05) is 7.11 Å². The molecule has 0 spiro atoms. The minimum atomic E-state index is -0.949. The summed E-state index contributed by atoms with van der Waals surface area (Å²) in [5.74, 6) is 0.394. The summed E-state index contributed by atoms with van der Waals surface area (Å²) in [6.07, 6.45) is 1.95. The van der Waals surface area contributed by atoms with Gasteiger partial charge in [0.25, 0.3) is 5.89 Å². The summed E-state index contributed by atoms with van der Waals surface area (Å²) in [6.45, 7) is 0. The van der Waals surface area contributed by atoms with Gasteiger partial charge in [-0.15, -0.1) is 0 Å². The van der Waals surface area contributed by atoms with Gasteiger partial charge in [-0.05, 0) is 31.6 Å². The molecule has 1 aliphatic heterocycles. The molecule has 3 unspecified atom stereocenters. The molecule has 3 atom stereocenters. The summed E-state index contributed by atoms with van der Waals surface area (Å²) in [4.78, 5) is 15.1. The molecule has 19 heavy (non-hydrogen) atoms. The van der Waals surface area contributed by atoms with Crippen LogP contribution in [0.2, 0.25) is 0 Å². The van der Waals surface area contributed by atoms with Crippen LogP contribution in [0.3, 0.4) is 0 Å². The second-order valence-electron chi connectivity index (χ2n) is 5.01. The standard InChI is InChI=1S/C12H16N2O5/c1-17-9(6-2-3-6)10-13-11(19-14-10)7-4-5-8(18-7)12(15)16/h6-9H,2-5H2,1H3,(H,15,16). The van der Waals surface area contributed by atoms with Gasteiger partial charge in [0.1, 0.15) is 12.2 Å². The van der Waals surface area contributed by atoms with Crippen molar-refractivity contribution in [3.63, 3.8) is 0 Å². The first kappa shape index (κ1) is 12.6. The van der Waals surface area contributed by atoms with Gasteiger partial charge in [0.15, 0.2) is 6.10 Å². The normalized spacial score (nSPS) is 28.5. The molecule has 0 radical (unpaired) electrons. The Hall–Kier alpha value is -1.47. The van der Waals surface area contributed by atoms with Crippen molar-refractivity contribution in [1.29, 1.82) is 0 Å². The Morgan fingerprint density at radius 1 is 1.42 bits per heavy atom. The summed E-state index contributed by atoms with van der Waals surface area (Å²) in [6, 6.07) is 0. The fraction of sp³-hybridized carbons (Fsp3) is 0.750. The Morgan fingerprint density at radius 3 is 2.79 bits per heavy atom. The topological polar surface area (TPSA) is 94.7 Å². The third-order valence-electron chi connectivity index (χ3n) is 3.59. The highest BCUT2D eigenvalue weighted by Crippen LogP contribution is 2.42. The highest BCUT2D eigenvalue weighted by molar-refractivity contribution is 5.72. The number of ether oxygens (including phenoxy) is 2. The number of carbonyl (C=O) groups is 1. The van der Waals surface area contributed by atoms with Crippen molar-refractivity contribution in [3.05, 3.63) is 11.7 Å². The van der Waals surface area contributed by atoms with E-state index in [0.29, 0.717) is 30.5 Å². The van der Waals surface area contributed by atoms with Crippen LogP contribution in [-0.2, 0) is 14.3 Å². The summed E-state index contributed by atoms with van der Waals surface area (Å²) in [5.41, 5.74) is 0. The molecule has 0 bridgehead atoms. The van der Waals surface area contributed by atoms with E-state index in [1.54, 1.807) is 7.11 Å². The summed E-state index contributed by atoms with van der Waals surface area (Å²) < 4.78 is 15.9.